The van der Waals surface area contributed by atoms with E-state index in [0.29, 0.717) is 18.7 Å². The molecule has 0 saturated carbocycles. The maximum Gasteiger partial charge on any atom is 0.336 e. The molecular weight excluding hydrogens is 272 g/mol. The number of carbonyl (C=O) groups excluding carboxylic acids is 1. The van der Waals surface area contributed by atoms with E-state index in [1.54, 1.807) is 24.1 Å². The molecule has 2 aliphatic heterocycles. The van der Waals surface area contributed by atoms with Crippen molar-refractivity contribution < 1.29 is 19.4 Å². The Morgan fingerprint density at radius 2 is 2.14 bits per heavy atom. The number of amides is 1. The summed E-state index contributed by atoms with van der Waals surface area (Å²) in [6, 6.07) is 7.08. The highest BCUT2D eigenvalue weighted by molar-refractivity contribution is 5.89. The zero-order valence-electron chi connectivity index (χ0n) is 11.9. The fourth-order valence-corrected chi connectivity index (χ4v) is 3.07. The van der Waals surface area contributed by atoms with Gasteiger partial charge in [0.05, 0.1) is 17.7 Å². The predicted molar refractivity (Wildman–Crippen MR) is 75.0 cm³/mol. The zero-order valence-corrected chi connectivity index (χ0v) is 11.9. The molecule has 1 N–H and O–H groups in total. The van der Waals surface area contributed by atoms with Gasteiger partial charge in [-0.3, -0.25) is 9.69 Å². The predicted octanol–water partition coefficient (Wildman–Crippen LogP) is 0.426. The Morgan fingerprint density at radius 1 is 1.38 bits per heavy atom. The number of nitrogens with zero attached hydrogens (tertiary/aromatic N) is 2. The van der Waals surface area contributed by atoms with Gasteiger partial charge < -0.3 is 14.7 Å². The summed E-state index contributed by atoms with van der Waals surface area (Å²) in [5.41, 5.74) is 1.12. The number of likely N-dealkylation sites (N-methyl/N-ethyl adjacent to an activating group) is 1. The summed E-state index contributed by atoms with van der Waals surface area (Å²) in [5.74, 6) is -0.908. The van der Waals surface area contributed by atoms with Crippen LogP contribution in [0.4, 0.5) is 0 Å². The van der Waals surface area contributed by atoms with Crippen molar-refractivity contribution in [3.8, 4) is 0 Å². The summed E-state index contributed by atoms with van der Waals surface area (Å²) in [6.07, 6.45) is 0.0182. The van der Waals surface area contributed by atoms with Crippen molar-refractivity contribution in [2.45, 2.75) is 18.7 Å². The number of aromatic carboxylic acids is 1. The van der Waals surface area contributed by atoms with Gasteiger partial charge in [0.2, 0.25) is 5.91 Å². The molecular formula is C15H18N2O4. The molecule has 1 aromatic carbocycles. The maximum atomic E-state index is 11.6. The molecule has 0 spiro atoms. The van der Waals surface area contributed by atoms with E-state index < -0.39 is 5.97 Å². The number of carboxylic acids is 1. The Balaban J connectivity index is 1.73. The molecule has 0 aliphatic carbocycles. The van der Waals surface area contributed by atoms with E-state index >= 15 is 0 Å². The normalized spacial score (nSPS) is 26.0. The second kappa shape index (κ2) is 5.46. The number of hydrogen-bond donors (Lipinski definition) is 1. The quantitative estimate of drug-likeness (QED) is 0.874. The van der Waals surface area contributed by atoms with Gasteiger partial charge in [-0.05, 0) is 11.6 Å². The lowest BCUT2D eigenvalue weighted by Crippen LogP contribution is -2.51. The second-order valence-electron chi connectivity index (χ2n) is 5.58. The Hall–Kier alpha value is -1.92. The molecule has 0 aromatic heterocycles. The summed E-state index contributed by atoms with van der Waals surface area (Å²) in [6.45, 7) is 2.12. The standard InChI is InChI=1S/C15H18N2O4/c1-16-12-7-17(8-13(12)21-9-14(16)18)6-10-4-2-3-5-11(10)15(19)20/h2-5,12-13H,6-9H2,1H3,(H,19,20)/t12-,13-/m0/s1. The van der Waals surface area contributed by atoms with Crippen molar-refractivity contribution in [3.05, 3.63) is 35.4 Å². The first-order valence-corrected chi connectivity index (χ1v) is 6.97. The van der Waals surface area contributed by atoms with Gasteiger partial charge in [0.25, 0.3) is 0 Å². The average molecular weight is 290 g/mol. The monoisotopic (exact) mass is 290 g/mol. The molecule has 2 saturated heterocycles. The van der Waals surface area contributed by atoms with E-state index in [0.717, 1.165) is 12.1 Å². The van der Waals surface area contributed by atoms with Crippen molar-refractivity contribution >= 4 is 11.9 Å². The third kappa shape index (κ3) is 2.64. The third-order valence-corrected chi connectivity index (χ3v) is 4.27. The third-order valence-electron chi connectivity index (χ3n) is 4.27. The maximum absolute atomic E-state index is 11.6. The highest BCUT2D eigenvalue weighted by Gasteiger charge is 2.41. The molecule has 2 atom stereocenters. The fraction of sp³-hybridized carbons (Fsp3) is 0.467. The van der Waals surface area contributed by atoms with Crippen LogP contribution in [0.25, 0.3) is 0 Å². The van der Waals surface area contributed by atoms with Crippen molar-refractivity contribution in [2.75, 3.05) is 26.7 Å². The van der Waals surface area contributed by atoms with E-state index in [9.17, 15) is 14.7 Å². The molecule has 6 heteroatoms. The molecule has 21 heavy (non-hydrogen) atoms. The minimum absolute atomic E-state index is 0.00374. The summed E-state index contributed by atoms with van der Waals surface area (Å²) in [4.78, 5) is 26.8. The Bertz CT molecular complexity index is 575. The number of benzene rings is 1. The molecule has 0 radical (unpaired) electrons. The molecule has 6 nitrogen and oxygen atoms in total. The van der Waals surface area contributed by atoms with E-state index in [2.05, 4.69) is 4.90 Å². The number of fused-ring (bicyclic) bond motifs is 1. The van der Waals surface area contributed by atoms with Gasteiger partial charge in [0.15, 0.2) is 0 Å². The van der Waals surface area contributed by atoms with Gasteiger partial charge >= 0.3 is 5.97 Å². The van der Waals surface area contributed by atoms with Crippen LogP contribution in [0.15, 0.2) is 24.3 Å². The minimum Gasteiger partial charge on any atom is -0.478 e. The van der Waals surface area contributed by atoms with Crippen LogP contribution in [0, 0.1) is 0 Å². The van der Waals surface area contributed by atoms with Gasteiger partial charge in [-0.1, -0.05) is 18.2 Å². The van der Waals surface area contributed by atoms with Gasteiger partial charge in [-0.15, -0.1) is 0 Å². The molecule has 2 fully saturated rings. The fourth-order valence-electron chi connectivity index (χ4n) is 3.07. The lowest BCUT2D eigenvalue weighted by molar-refractivity contribution is -0.150. The molecule has 1 amide bonds. The molecule has 112 valence electrons. The molecule has 1 aromatic rings. The van der Waals surface area contributed by atoms with Crippen LogP contribution in [0.3, 0.4) is 0 Å². The van der Waals surface area contributed by atoms with Crippen molar-refractivity contribution in [1.82, 2.24) is 9.80 Å². The topological polar surface area (TPSA) is 70.1 Å². The Labute approximate surface area is 122 Å². The number of carboxylic acid groups (broad SMARTS) is 1. The SMILES string of the molecule is CN1C(=O)CO[C@H]2CN(Cc3ccccc3C(=O)O)C[C@@H]21. The van der Waals surface area contributed by atoms with Crippen molar-refractivity contribution in [2.24, 2.45) is 0 Å². The van der Waals surface area contributed by atoms with Gasteiger partial charge in [-0.2, -0.15) is 0 Å². The van der Waals surface area contributed by atoms with E-state index in [-0.39, 0.29) is 24.7 Å². The number of rotatable bonds is 3. The Kier molecular flexibility index (Phi) is 3.65. The first-order valence-electron chi connectivity index (χ1n) is 6.97. The number of carbonyl (C=O) groups is 2. The molecule has 0 unspecified atom stereocenters. The average Bonchev–Trinajstić information content (AvgIpc) is 2.87. The number of ether oxygens (including phenoxy) is 1. The van der Waals surface area contributed by atoms with Crippen LogP contribution in [-0.2, 0) is 16.1 Å². The van der Waals surface area contributed by atoms with Crippen LogP contribution < -0.4 is 0 Å². The van der Waals surface area contributed by atoms with Crippen LogP contribution in [0.5, 0.6) is 0 Å². The largest absolute Gasteiger partial charge is 0.478 e. The van der Waals surface area contributed by atoms with Crippen LogP contribution in [0.2, 0.25) is 0 Å². The number of morpholine rings is 1. The number of likely N-dealkylation sites (tertiary alicyclic amines) is 1. The molecule has 2 aliphatic rings. The molecule has 2 heterocycles. The highest BCUT2D eigenvalue weighted by atomic mass is 16.5. The second-order valence-corrected chi connectivity index (χ2v) is 5.58. The van der Waals surface area contributed by atoms with Crippen molar-refractivity contribution in [1.29, 1.82) is 0 Å². The summed E-state index contributed by atoms with van der Waals surface area (Å²) < 4.78 is 5.58. The van der Waals surface area contributed by atoms with Crippen LogP contribution >= 0.6 is 0 Å². The minimum atomic E-state index is -0.911. The summed E-state index contributed by atoms with van der Waals surface area (Å²) in [7, 11) is 1.80. The molecule has 3 rings (SSSR count). The first-order chi connectivity index (χ1) is 10.1. The van der Waals surface area contributed by atoms with Crippen molar-refractivity contribution in [3.63, 3.8) is 0 Å². The highest BCUT2D eigenvalue weighted by Crippen LogP contribution is 2.24. The van der Waals surface area contributed by atoms with E-state index in [1.165, 1.54) is 0 Å². The van der Waals surface area contributed by atoms with E-state index in [1.807, 2.05) is 12.1 Å². The van der Waals surface area contributed by atoms with E-state index in [4.69, 9.17) is 4.74 Å². The Morgan fingerprint density at radius 3 is 2.90 bits per heavy atom. The zero-order chi connectivity index (χ0) is 15.0. The van der Waals surface area contributed by atoms with Gasteiger partial charge in [0.1, 0.15) is 6.61 Å². The van der Waals surface area contributed by atoms with Gasteiger partial charge in [0, 0.05) is 26.7 Å². The van der Waals surface area contributed by atoms with Gasteiger partial charge in [-0.25, -0.2) is 4.79 Å². The summed E-state index contributed by atoms with van der Waals surface area (Å²) >= 11 is 0. The number of hydrogen-bond acceptors (Lipinski definition) is 4. The van der Waals surface area contributed by atoms with Crippen LogP contribution in [-0.4, -0.2) is 65.7 Å². The lowest BCUT2D eigenvalue weighted by Gasteiger charge is -2.33. The van der Waals surface area contributed by atoms with Crippen LogP contribution in [0.1, 0.15) is 15.9 Å². The summed E-state index contributed by atoms with van der Waals surface area (Å²) in [5, 5.41) is 9.23. The first kappa shape index (κ1) is 14.0. The lowest BCUT2D eigenvalue weighted by atomic mass is 10.1. The smallest absolute Gasteiger partial charge is 0.336 e. The molecule has 0 bridgehead atoms.